The van der Waals surface area contributed by atoms with Crippen LogP contribution < -0.4 is 0 Å². The number of hydrogen-bond acceptors (Lipinski definition) is 4. The van der Waals surface area contributed by atoms with Crippen molar-refractivity contribution >= 4 is 5.91 Å². The molecule has 2 fully saturated rings. The van der Waals surface area contributed by atoms with Crippen LogP contribution in [0.1, 0.15) is 47.8 Å². The summed E-state index contributed by atoms with van der Waals surface area (Å²) in [5, 5.41) is 3.93. The smallest absolute Gasteiger partial charge is 0.276 e. The molecule has 5 heteroatoms. The maximum absolute atomic E-state index is 12.4. The van der Waals surface area contributed by atoms with Crippen LogP contribution in [0.4, 0.5) is 0 Å². The van der Waals surface area contributed by atoms with Gasteiger partial charge in [-0.15, -0.1) is 0 Å². The molecule has 3 rings (SSSR count). The van der Waals surface area contributed by atoms with Gasteiger partial charge in [0.25, 0.3) is 5.91 Å². The second kappa shape index (κ2) is 5.33. The van der Waals surface area contributed by atoms with E-state index in [0.29, 0.717) is 17.5 Å². The summed E-state index contributed by atoms with van der Waals surface area (Å²) in [5.74, 6) is 1.81. The fraction of sp³-hybridized carbons (Fsp3) is 0.714. The number of carbonyl (C=O) groups excluding carboxylic acids is 1. The Labute approximate surface area is 112 Å². The van der Waals surface area contributed by atoms with Crippen LogP contribution in [0.15, 0.2) is 10.6 Å². The molecule has 2 aliphatic rings. The van der Waals surface area contributed by atoms with Crippen molar-refractivity contribution < 1.29 is 14.1 Å². The van der Waals surface area contributed by atoms with Gasteiger partial charge in [0.05, 0.1) is 6.61 Å². The number of rotatable bonds is 4. The molecule has 0 radical (unpaired) electrons. The number of aromatic nitrogens is 1. The van der Waals surface area contributed by atoms with Crippen molar-refractivity contribution in [2.75, 3.05) is 26.8 Å². The van der Waals surface area contributed by atoms with Crippen LogP contribution in [-0.4, -0.2) is 42.8 Å². The third kappa shape index (κ3) is 2.81. The maximum atomic E-state index is 12.4. The summed E-state index contributed by atoms with van der Waals surface area (Å²) in [6.45, 7) is 2.29. The van der Waals surface area contributed by atoms with Gasteiger partial charge in [-0.1, -0.05) is 5.16 Å². The predicted octanol–water partition coefficient (Wildman–Crippen LogP) is 2.05. The van der Waals surface area contributed by atoms with E-state index < -0.39 is 0 Å². The van der Waals surface area contributed by atoms with Crippen molar-refractivity contribution in [3.8, 4) is 0 Å². The van der Waals surface area contributed by atoms with Gasteiger partial charge in [-0.05, 0) is 31.6 Å². The summed E-state index contributed by atoms with van der Waals surface area (Å²) in [4.78, 5) is 14.2. The number of piperidine rings is 1. The Hall–Kier alpha value is -1.36. The summed E-state index contributed by atoms with van der Waals surface area (Å²) in [6, 6.07) is 1.82. The average Bonchev–Trinajstić information content (AvgIpc) is 3.17. The van der Waals surface area contributed by atoms with Crippen LogP contribution >= 0.6 is 0 Å². The van der Waals surface area contributed by atoms with Gasteiger partial charge in [0.1, 0.15) is 5.76 Å². The van der Waals surface area contributed by atoms with Crippen molar-refractivity contribution in [2.45, 2.75) is 31.6 Å². The van der Waals surface area contributed by atoms with Crippen molar-refractivity contribution in [3.63, 3.8) is 0 Å². The number of nitrogens with zero attached hydrogens (tertiary/aromatic N) is 2. The standard InChI is InChI=1S/C14H20N2O3/c1-18-9-10-3-2-6-16(8-10)14(17)12-7-13(19-15-12)11-4-5-11/h7,10-11H,2-6,8-9H2,1H3. The molecule has 1 aromatic rings. The van der Waals surface area contributed by atoms with E-state index >= 15 is 0 Å². The van der Waals surface area contributed by atoms with E-state index in [9.17, 15) is 4.79 Å². The fourth-order valence-corrected chi connectivity index (χ4v) is 2.73. The lowest BCUT2D eigenvalue weighted by Crippen LogP contribution is -2.41. The van der Waals surface area contributed by atoms with E-state index in [-0.39, 0.29) is 5.91 Å². The first-order valence-electron chi connectivity index (χ1n) is 7.02. The SMILES string of the molecule is COCC1CCCN(C(=O)c2cc(C3CC3)on2)C1. The number of carbonyl (C=O) groups is 1. The average molecular weight is 264 g/mol. The second-order valence-corrected chi connectivity index (χ2v) is 5.60. The molecule has 1 amide bonds. The first kappa shape index (κ1) is 12.7. The molecule has 1 aliphatic carbocycles. The summed E-state index contributed by atoms with van der Waals surface area (Å²) in [5.41, 5.74) is 0.458. The summed E-state index contributed by atoms with van der Waals surface area (Å²) in [7, 11) is 1.71. The number of likely N-dealkylation sites (tertiary alicyclic amines) is 1. The van der Waals surface area contributed by atoms with E-state index in [4.69, 9.17) is 9.26 Å². The fourth-order valence-electron chi connectivity index (χ4n) is 2.73. The van der Waals surface area contributed by atoms with Gasteiger partial charge in [0, 0.05) is 32.2 Å². The number of amides is 1. The molecular formula is C14H20N2O3. The van der Waals surface area contributed by atoms with E-state index in [1.165, 1.54) is 0 Å². The first-order chi connectivity index (χ1) is 9.28. The molecule has 0 bridgehead atoms. The Morgan fingerprint density at radius 2 is 2.37 bits per heavy atom. The molecule has 1 saturated heterocycles. The molecule has 0 aromatic carbocycles. The van der Waals surface area contributed by atoms with Crippen molar-refractivity contribution in [1.29, 1.82) is 0 Å². The topological polar surface area (TPSA) is 55.6 Å². The van der Waals surface area contributed by atoms with Gasteiger partial charge in [0.2, 0.25) is 0 Å². The monoisotopic (exact) mass is 264 g/mol. The van der Waals surface area contributed by atoms with Crippen LogP contribution in [0.2, 0.25) is 0 Å². The minimum atomic E-state index is -0.00328. The molecule has 1 unspecified atom stereocenters. The van der Waals surface area contributed by atoms with E-state index in [0.717, 1.165) is 51.1 Å². The molecule has 1 atom stereocenters. The molecule has 2 heterocycles. The molecule has 19 heavy (non-hydrogen) atoms. The highest BCUT2D eigenvalue weighted by Crippen LogP contribution is 2.40. The zero-order valence-electron chi connectivity index (χ0n) is 11.3. The normalized spacial score (nSPS) is 23.6. The zero-order valence-corrected chi connectivity index (χ0v) is 11.3. The lowest BCUT2D eigenvalue weighted by Gasteiger charge is -2.31. The minimum absolute atomic E-state index is 0.00328. The molecular weight excluding hydrogens is 244 g/mol. The Balaban J connectivity index is 1.64. The van der Waals surface area contributed by atoms with Crippen molar-refractivity contribution in [2.24, 2.45) is 5.92 Å². The Morgan fingerprint density at radius 3 is 3.11 bits per heavy atom. The third-order valence-corrected chi connectivity index (χ3v) is 3.94. The molecule has 1 saturated carbocycles. The lowest BCUT2D eigenvalue weighted by molar-refractivity contribution is 0.0562. The summed E-state index contributed by atoms with van der Waals surface area (Å²) >= 11 is 0. The van der Waals surface area contributed by atoms with Gasteiger partial charge < -0.3 is 14.2 Å². The molecule has 0 N–H and O–H groups in total. The Kier molecular flexibility index (Phi) is 3.55. The van der Waals surface area contributed by atoms with Crippen molar-refractivity contribution in [3.05, 3.63) is 17.5 Å². The minimum Gasteiger partial charge on any atom is -0.384 e. The van der Waals surface area contributed by atoms with E-state index in [2.05, 4.69) is 5.16 Å². The maximum Gasteiger partial charge on any atom is 0.276 e. The van der Waals surface area contributed by atoms with E-state index in [1.807, 2.05) is 11.0 Å². The summed E-state index contributed by atoms with van der Waals surface area (Å²) in [6.07, 6.45) is 4.47. The van der Waals surface area contributed by atoms with Crippen molar-refractivity contribution in [1.82, 2.24) is 10.1 Å². The highest BCUT2D eigenvalue weighted by atomic mass is 16.5. The highest BCUT2D eigenvalue weighted by Gasteiger charge is 2.31. The Morgan fingerprint density at radius 1 is 1.53 bits per heavy atom. The quantitative estimate of drug-likeness (QED) is 0.835. The molecule has 1 aromatic heterocycles. The third-order valence-electron chi connectivity index (χ3n) is 3.94. The Bertz CT molecular complexity index is 451. The molecule has 0 spiro atoms. The molecule has 5 nitrogen and oxygen atoms in total. The van der Waals surface area contributed by atoms with Crippen LogP contribution in [0.25, 0.3) is 0 Å². The van der Waals surface area contributed by atoms with E-state index in [1.54, 1.807) is 7.11 Å². The number of ether oxygens (including phenoxy) is 1. The highest BCUT2D eigenvalue weighted by molar-refractivity contribution is 5.92. The lowest BCUT2D eigenvalue weighted by atomic mass is 9.99. The van der Waals surface area contributed by atoms with Gasteiger partial charge >= 0.3 is 0 Å². The molecule has 104 valence electrons. The summed E-state index contributed by atoms with van der Waals surface area (Å²) < 4.78 is 10.4. The number of hydrogen-bond donors (Lipinski definition) is 0. The van der Waals surface area contributed by atoms with Gasteiger partial charge in [-0.2, -0.15) is 0 Å². The van der Waals surface area contributed by atoms with Crippen LogP contribution in [0, 0.1) is 5.92 Å². The number of methoxy groups -OCH3 is 1. The largest absolute Gasteiger partial charge is 0.384 e. The zero-order chi connectivity index (χ0) is 13.2. The van der Waals surface area contributed by atoms with Crippen LogP contribution in [0.3, 0.4) is 0 Å². The van der Waals surface area contributed by atoms with Crippen LogP contribution in [-0.2, 0) is 4.74 Å². The van der Waals surface area contributed by atoms with Gasteiger partial charge in [-0.3, -0.25) is 4.79 Å². The predicted molar refractivity (Wildman–Crippen MR) is 69.0 cm³/mol. The van der Waals surface area contributed by atoms with Crippen LogP contribution in [0.5, 0.6) is 0 Å². The second-order valence-electron chi connectivity index (χ2n) is 5.60. The molecule has 1 aliphatic heterocycles. The first-order valence-corrected chi connectivity index (χ1v) is 7.02. The van der Waals surface area contributed by atoms with Gasteiger partial charge in [0.15, 0.2) is 5.69 Å². The van der Waals surface area contributed by atoms with Gasteiger partial charge in [-0.25, -0.2) is 0 Å².